The van der Waals surface area contributed by atoms with Crippen molar-refractivity contribution in [2.24, 2.45) is 5.92 Å². The molecule has 2 nitrogen and oxygen atoms in total. The van der Waals surface area contributed by atoms with E-state index in [1.54, 1.807) is 0 Å². The molecule has 0 aromatic carbocycles. The molecule has 2 heteroatoms. The predicted molar refractivity (Wildman–Crippen MR) is 53.8 cm³/mol. The van der Waals surface area contributed by atoms with Crippen molar-refractivity contribution < 1.29 is 4.74 Å². The molecule has 76 valence electrons. The van der Waals surface area contributed by atoms with Crippen LogP contribution in [0.4, 0.5) is 0 Å². The van der Waals surface area contributed by atoms with Gasteiger partial charge in [-0.3, -0.25) is 4.90 Å². The van der Waals surface area contributed by atoms with Gasteiger partial charge >= 0.3 is 0 Å². The number of methoxy groups -OCH3 is 1. The van der Waals surface area contributed by atoms with Crippen molar-refractivity contribution in [2.45, 2.75) is 44.7 Å². The van der Waals surface area contributed by atoms with Crippen LogP contribution in [0, 0.1) is 5.92 Å². The van der Waals surface area contributed by atoms with E-state index in [0.717, 1.165) is 24.6 Å². The van der Waals surface area contributed by atoms with Crippen molar-refractivity contribution in [3.8, 4) is 0 Å². The molecule has 1 heterocycles. The molecule has 1 saturated carbocycles. The fraction of sp³-hybridized carbons (Fsp3) is 1.00. The second kappa shape index (κ2) is 3.97. The first-order chi connectivity index (χ1) is 6.36. The molecule has 2 rings (SSSR count). The number of piperidine rings is 1. The van der Waals surface area contributed by atoms with Crippen LogP contribution in [-0.4, -0.2) is 37.2 Å². The van der Waals surface area contributed by atoms with Crippen LogP contribution in [0.15, 0.2) is 0 Å². The van der Waals surface area contributed by atoms with Crippen LogP contribution in [0.2, 0.25) is 0 Å². The summed E-state index contributed by atoms with van der Waals surface area (Å²) in [6.07, 6.45) is 5.60. The second-order valence-electron chi connectivity index (χ2n) is 4.49. The molecule has 0 amide bonds. The monoisotopic (exact) mass is 183 g/mol. The minimum absolute atomic E-state index is 0.740. The van der Waals surface area contributed by atoms with Gasteiger partial charge in [-0.25, -0.2) is 0 Å². The molecule has 0 radical (unpaired) electrons. The summed E-state index contributed by atoms with van der Waals surface area (Å²) < 4.78 is 5.31. The maximum atomic E-state index is 5.31. The molecule has 2 aliphatic rings. The van der Waals surface area contributed by atoms with Crippen LogP contribution < -0.4 is 0 Å². The topological polar surface area (TPSA) is 12.5 Å². The highest BCUT2D eigenvalue weighted by molar-refractivity contribution is 4.99. The first-order valence-electron chi connectivity index (χ1n) is 5.61. The highest BCUT2D eigenvalue weighted by atomic mass is 16.5. The average molecular weight is 183 g/mol. The van der Waals surface area contributed by atoms with Gasteiger partial charge in [-0.2, -0.15) is 0 Å². The molecular formula is C11H21NO. The van der Waals surface area contributed by atoms with Crippen molar-refractivity contribution in [2.75, 3.05) is 20.3 Å². The smallest absolute Gasteiger partial charge is 0.0620 e. The summed E-state index contributed by atoms with van der Waals surface area (Å²) in [4.78, 5) is 2.69. The fourth-order valence-electron chi connectivity index (χ4n) is 3.19. The zero-order valence-corrected chi connectivity index (χ0v) is 8.83. The van der Waals surface area contributed by atoms with Gasteiger partial charge in [0.15, 0.2) is 0 Å². The minimum Gasteiger partial charge on any atom is -0.383 e. The normalized spacial score (nSPS) is 38.8. The van der Waals surface area contributed by atoms with E-state index >= 15 is 0 Å². The van der Waals surface area contributed by atoms with Gasteiger partial charge in [0.05, 0.1) is 6.61 Å². The molecule has 2 fully saturated rings. The van der Waals surface area contributed by atoms with E-state index in [9.17, 15) is 0 Å². The second-order valence-corrected chi connectivity index (χ2v) is 4.49. The van der Waals surface area contributed by atoms with E-state index in [4.69, 9.17) is 4.74 Å². The molecule has 0 spiro atoms. The van der Waals surface area contributed by atoms with Gasteiger partial charge in [-0.15, -0.1) is 0 Å². The molecule has 2 bridgehead atoms. The lowest BCUT2D eigenvalue weighted by atomic mass is 9.99. The predicted octanol–water partition coefficient (Wildman–Crippen LogP) is 1.90. The molecule has 0 aromatic heterocycles. The van der Waals surface area contributed by atoms with Crippen molar-refractivity contribution in [3.63, 3.8) is 0 Å². The number of nitrogens with zero attached hydrogens (tertiary/aromatic N) is 1. The van der Waals surface area contributed by atoms with Gasteiger partial charge in [-0.1, -0.05) is 6.92 Å². The minimum atomic E-state index is 0.740. The Morgan fingerprint density at radius 2 is 2.23 bits per heavy atom. The summed E-state index contributed by atoms with van der Waals surface area (Å²) in [7, 11) is 1.83. The molecule has 1 saturated heterocycles. The maximum absolute atomic E-state index is 5.31. The van der Waals surface area contributed by atoms with Crippen LogP contribution in [0.1, 0.15) is 32.6 Å². The largest absolute Gasteiger partial charge is 0.383 e. The van der Waals surface area contributed by atoms with Gasteiger partial charge in [-0.05, 0) is 38.1 Å². The maximum Gasteiger partial charge on any atom is 0.0620 e. The summed E-state index contributed by atoms with van der Waals surface area (Å²) in [6.45, 7) is 4.49. The summed E-state index contributed by atoms with van der Waals surface area (Å²) in [5.74, 6) is 0.941. The van der Waals surface area contributed by atoms with E-state index in [1.807, 2.05) is 7.11 Å². The Morgan fingerprint density at radius 3 is 2.92 bits per heavy atom. The van der Waals surface area contributed by atoms with Crippen molar-refractivity contribution in [1.29, 1.82) is 0 Å². The molecular weight excluding hydrogens is 162 g/mol. The molecule has 0 aromatic rings. The van der Waals surface area contributed by atoms with E-state index in [2.05, 4.69) is 11.8 Å². The van der Waals surface area contributed by atoms with Crippen LogP contribution in [-0.2, 0) is 4.74 Å². The highest BCUT2D eigenvalue weighted by Crippen LogP contribution is 2.42. The molecule has 1 aliphatic heterocycles. The Kier molecular flexibility index (Phi) is 2.89. The lowest BCUT2D eigenvalue weighted by Gasteiger charge is -2.34. The fourth-order valence-corrected chi connectivity index (χ4v) is 3.19. The number of hydrogen-bond acceptors (Lipinski definition) is 2. The van der Waals surface area contributed by atoms with Gasteiger partial charge < -0.3 is 4.74 Å². The van der Waals surface area contributed by atoms with E-state index in [-0.39, 0.29) is 0 Å². The first kappa shape index (κ1) is 9.47. The van der Waals surface area contributed by atoms with E-state index in [0.29, 0.717) is 0 Å². The zero-order valence-electron chi connectivity index (χ0n) is 8.83. The number of fused-ring (bicyclic) bond motifs is 2. The standard InChI is InChI=1S/C11H21NO/c1-3-6-12-10-5-4-9(7-10)11(12)8-13-2/h9-11H,3-8H2,1-2H3. The number of hydrogen-bond donors (Lipinski definition) is 0. The Balaban J connectivity index is 1.97. The van der Waals surface area contributed by atoms with Crippen molar-refractivity contribution in [1.82, 2.24) is 4.90 Å². The number of likely N-dealkylation sites (tertiary alicyclic amines) is 1. The average Bonchev–Trinajstić information content (AvgIpc) is 2.69. The third-order valence-corrected chi connectivity index (χ3v) is 3.70. The Bertz CT molecular complexity index is 153. The number of ether oxygens (including phenoxy) is 1. The summed E-state index contributed by atoms with van der Waals surface area (Å²) in [6, 6.07) is 1.63. The Hall–Kier alpha value is -0.0800. The van der Waals surface area contributed by atoms with Crippen LogP contribution in [0.25, 0.3) is 0 Å². The molecule has 3 unspecified atom stereocenters. The highest BCUT2D eigenvalue weighted by Gasteiger charge is 2.44. The van der Waals surface area contributed by atoms with Crippen LogP contribution in [0.5, 0.6) is 0 Å². The molecule has 3 atom stereocenters. The van der Waals surface area contributed by atoms with Crippen molar-refractivity contribution in [3.05, 3.63) is 0 Å². The van der Waals surface area contributed by atoms with Gasteiger partial charge in [0.2, 0.25) is 0 Å². The summed E-state index contributed by atoms with van der Waals surface area (Å²) >= 11 is 0. The summed E-state index contributed by atoms with van der Waals surface area (Å²) in [5.41, 5.74) is 0. The zero-order chi connectivity index (χ0) is 9.26. The Labute approximate surface area is 81.3 Å². The molecule has 13 heavy (non-hydrogen) atoms. The van der Waals surface area contributed by atoms with Gasteiger partial charge in [0.25, 0.3) is 0 Å². The van der Waals surface area contributed by atoms with E-state index in [1.165, 1.54) is 32.2 Å². The number of rotatable bonds is 4. The lowest BCUT2D eigenvalue weighted by Crippen LogP contribution is -2.43. The van der Waals surface area contributed by atoms with Crippen molar-refractivity contribution >= 4 is 0 Å². The third kappa shape index (κ3) is 1.62. The third-order valence-electron chi connectivity index (χ3n) is 3.70. The van der Waals surface area contributed by atoms with Gasteiger partial charge in [0.1, 0.15) is 0 Å². The molecule has 1 aliphatic carbocycles. The first-order valence-corrected chi connectivity index (χ1v) is 5.61. The summed E-state index contributed by atoms with van der Waals surface area (Å²) in [5, 5.41) is 0. The van der Waals surface area contributed by atoms with Crippen LogP contribution >= 0.6 is 0 Å². The van der Waals surface area contributed by atoms with Crippen LogP contribution in [0.3, 0.4) is 0 Å². The molecule has 0 N–H and O–H groups in total. The Morgan fingerprint density at radius 1 is 1.38 bits per heavy atom. The lowest BCUT2D eigenvalue weighted by molar-refractivity contribution is 0.0603. The quantitative estimate of drug-likeness (QED) is 0.660. The van der Waals surface area contributed by atoms with Gasteiger partial charge in [0, 0.05) is 19.2 Å². The van der Waals surface area contributed by atoms with E-state index < -0.39 is 0 Å². The SMILES string of the molecule is CCCN1C2CCC(C2)C1COC.